The second-order valence-electron chi connectivity index (χ2n) is 2.81. The van der Waals surface area contributed by atoms with Crippen LogP contribution < -0.4 is 0 Å². The van der Waals surface area contributed by atoms with Gasteiger partial charge in [0.25, 0.3) is 0 Å². The highest BCUT2D eigenvalue weighted by Crippen LogP contribution is 2.17. The molecule has 0 aromatic carbocycles. The minimum atomic E-state index is 0.221. The summed E-state index contributed by atoms with van der Waals surface area (Å²) in [5, 5.41) is 12.9. The van der Waals surface area contributed by atoms with Gasteiger partial charge >= 0.3 is 0 Å². The van der Waals surface area contributed by atoms with Crippen molar-refractivity contribution in [1.29, 1.82) is 5.26 Å². The zero-order valence-corrected chi connectivity index (χ0v) is 8.39. The van der Waals surface area contributed by atoms with E-state index in [4.69, 9.17) is 16.9 Å². The van der Waals surface area contributed by atoms with E-state index in [-0.39, 0.29) is 6.54 Å². The molecule has 2 aromatic heterocycles. The van der Waals surface area contributed by atoms with E-state index in [0.717, 1.165) is 5.56 Å². The van der Waals surface area contributed by atoms with Crippen molar-refractivity contribution < 1.29 is 0 Å². The highest BCUT2D eigenvalue weighted by Gasteiger charge is 2.03. The van der Waals surface area contributed by atoms with Gasteiger partial charge in [-0.1, -0.05) is 11.6 Å². The van der Waals surface area contributed by atoms with Gasteiger partial charge in [-0.25, -0.2) is 9.97 Å². The molecule has 2 rings (SSSR count). The lowest BCUT2D eigenvalue weighted by molar-refractivity contribution is 0.710. The van der Waals surface area contributed by atoms with Gasteiger partial charge in [0, 0.05) is 17.8 Å². The van der Waals surface area contributed by atoms with Crippen LogP contribution in [0.5, 0.6) is 0 Å². The molecule has 5 nitrogen and oxygen atoms in total. The zero-order valence-electron chi connectivity index (χ0n) is 7.63. The highest BCUT2D eigenvalue weighted by atomic mass is 35.5. The summed E-state index contributed by atoms with van der Waals surface area (Å²) in [4.78, 5) is 7.83. The fourth-order valence-corrected chi connectivity index (χ4v) is 1.29. The van der Waals surface area contributed by atoms with Gasteiger partial charge < -0.3 is 0 Å². The number of nitriles is 1. The fraction of sp³-hybridized carbons (Fsp3) is 0.111. The molecule has 0 bridgehead atoms. The van der Waals surface area contributed by atoms with E-state index in [1.807, 2.05) is 6.07 Å². The van der Waals surface area contributed by atoms with E-state index in [0.29, 0.717) is 10.8 Å². The van der Waals surface area contributed by atoms with Crippen LogP contribution in [0.15, 0.2) is 24.8 Å². The van der Waals surface area contributed by atoms with E-state index in [9.17, 15) is 0 Å². The fourth-order valence-electron chi connectivity index (χ4n) is 1.15. The summed E-state index contributed by atoms with van der Waals surface area (Å²) >= 11 is 5.73. The summed E-state index contributed by atoms with van der Waals surface area (Å²) in [6, 6.07) is 3.65. The Morgan fingerprint density at radius 1 is 1.47 bits per heavy atom. The Morgan fingerprint density at radius 2 is 2.33 bits per heavy atom. The van der Waals surface area contributed by atoms with Crippen molar-refractivity contribution in [2.75, 3.05) is 0 Å². The smallest absolute Gasteiger partial charge is 0.133 e. The first-order chi connectivity index (χ1) is 7.29. The number of halogens is 1. The molecule has 0 aliphatic heterocycles. The van der Waals surface area contributed by atoms with Gasteiger partial charge in [-0.15, -0.1) is 0 Å². The zero-order chi connectivity index (χ0) is 10.7. The van der Waals surface area contributed by atoms with Gasteiger partial charge in [0.05, 0.1) is 18.0 Å². The quantitative estimate of drug-likeness (QED) is 0.719. The standard InChI is InChI=1S/C9H6ClN5/c10-9-3-8(12-6-13-9)7-4-14-15(5-7)2-1-11/h3-6H,2H2. The molecule has 0 aliphatic carbocycles. The number of rotatable bonds is 2. The Morgan fingerprint density at radius 3 is 3.07 bits per heavy atom. The summed E-state index contributed by atoms with van der Waals surface area (Å²) in [7, 11) is 0. The first kappa shape index (κ1) is 9.62. The van der Waals surface area contributed by atoms with Crippen molar-refractivity contribution in [2.24, 2.45) is 0 Å². The Bertz CT molecular complexity index is 513. The van der Waals surface area contributed by atoms with Gasteiger partial charge in [0.15, 0.2) is 0 Å². The van der Waals surface area contributed by atoms with Crippen molar-refractivity contribution in [3.05, 3.63) is 29.9 Å². The average molecular weight is 220 g/mol. The number of nitrogens with zero attached hydrogens (tertiary/aromatic N) is 5. The molecule has 0 atom stereocenters. The number of hydrogen-bond acceptors (Lipinski definition) is 4. The molecule has 0 unspecified atom stereocenters. The second-order valence-corrected chi connectivity index (χ2v) is 3.20. The van der Waals surface area contributed by atoms with Crippen LogP contribution in [0.2, 0.25) is 5.15 Å². The Hall–Kier alpha value is -1.93. The lowest BCUT2D eigenvalue weighted by Gasteiger charge is -1.94. The second kappa shape index (κ2) is 4.07. The molecule has 0 aliphatic rings. The number of aromatic nitrogens is 4. The normalized spacial score (nSPS) is 9.87. The first-order valence-electron chi connectivity index (χ1n) is 4.17. The maximum absolute atomic E-state index is 8.49. The SMILES string of the molecule is N#CCn1cc(-c2cc(Cl)ncn2)cn1. The minimum absolute atomic E-state index is 0.221. The predicted molar refractivity (Wildman–Crippen MR) is 53.9 cm³/mol. The third-order valence-corrected chi connectivity index (χ3v) is 2.00. The maximum Gasteiger partial charge on any atom is 0.133 e. The molecule has 0 spiro atoms. The van der Waals surface area contributed by atoms with Crippen LogP contribution in [-0.4, -0.2) is 19.7 Å². The van der Waals surface area contributed by atoms with Crippen molar-refractivity contribution in [2.45, 2.75) is 6.54 Å². The molecule has 0 saturated carbocycles. The van der Waals surface area contributed by atoms with Gasteiger partial charge in [-0.05, 0) is 0 Å². The maximum atomic E-state index is 8.49. The summed E-state index contributed by atoms with van der Waals surface area (Å²) in [5.74, 6) is 0. The van der Waals surface area contributed by atoms with Crippen LogP contribution >= 0.6 is 11.6 Å². The summed E-state index contributed by atoms with van der Waals surface area (Å²) < 4.78 is 1.53. The molecule has 0 amide bonds. The van der Waals surface area contributed by atoms with Crippen molar-refractivity contribution in [3.63, 3.8) is 0 Å². The molecule has 0 radical (unpaired) electrons. The van der Waals surface area contributed by atoms with E-state index >= 15 is 0 Å². The largest absolute Gasteiger partial charge is 0.258 e. The van der Waals surface area contributed by atoms with Crippen LogP contribution in [-0.2, 0) is 6.54 Å². The topological polar surface area (TPSA) is 67.4 Å². The Balaban J connectivity index is 2.34. The van der Waals surface area contributed by atoms with Crippen molar-refractivity contribution in [3.8, 4) is 17.3 Å². The van der Waals surface area contributed by atoms with Crippen LogP contribution in [0.1, 0.15) is 0 Å². The molecule has 0 saturated heterocycles. The lowest BCUT2D eigenvalue weighted by atomic mass is 10.2. The Kier molecular flexibility index (Phi) is 2.61. The van der Waals surface area contributed by atoms with Crippen LogP contribution in [0.3, 0.4) is 0 Å². The van der Waals surface area contributed by atoms with Crippen LogP contribution in [0.25, 0.3) is 11.3 Å². The molecule has 0 N–H and O–H groups in total. The third kappa shape index (κ3) is 2.11. The van der Waals surface area contributed by atoms with E-state index in [2.05, 4.69) is 15.1 Å². The molecule has 6 heteroatoms. The third-order valence-electron chi connectivity index (χ3n) is 1.80. The monoisotopic (exact) mass is 219 g/mol. The van der Waals surface area contributed by atoms with Crippen molar-refractivity contribution >= 4 is 11.6 Å². The van der Waals surface area contributed by atoms with E-state index in [1.165, 1.54) is 11.0 Å². The van der Waals surface area contributed by atoms with E-state index < -0.39 is 0 Å². The summed E-state index contributed by atoms with van der Waals surface area (Å²) in [6.07, 6.45) is 4.76. The van der Waals surface area contributed by atoms with E-state index in [1.54, 1.807) is 18.5 Å². The molecular formula is C9H6ClN5. The highest BCUT2D eigenvalue weighted by molar-refractivity contribution is 6.29. The van der Waals surface area contributed by atoms with Gasteiger partial charge in [0.1, 0.15) is 18.0 Å². The minimum Gasteiger partial charge on any atom is -0.258 e. The van der Waals surface area contributed by atoms with Crippen LogP contribution in [0, 0.1) is 11.3 Å². The molecule has 74 valence electrons. The molecule has 0 fully saturated rings. The predicted octanol–water partition coefficient (Wildman–Crippen LogP) is 1.52. The van der Waals surface area contributed by atoms with Gasteiger partial charge in [-0.2, -0.15) is 10.4 Å². The molecular weight excluding hydrogens is 214 g/mol. The van der Waals surface area contributed by atoms with Gasteiger partial charge in [0.2, 0.25) is 0 Å². The summed E-state index contributed by atoms with van der Waals surface area (Å²) in [6.45, 7) is 0.221. The first-order valence-corrected chi connectivity index (χ1v) is 4.55. The van der Waals surface area contributed by atoms with Crippen molar-refractivity contribution in [1.82, 2.24) is 19.7 Å². The molecule has 2 heterocycles. The van der Waals surface area contributed by atoms with Gasteiger partial charge in [-0.3, -0.25) is 4.68 Å². The lowest BCUT2D eigenvalue weighted by Crippen LogP contribution is -1.94. The summed E-state index contributed by atoms with van der Waals surface area (Å²) in [5.41, 5.74) is 1.51. The Labute approximate surface area is 91.0 Å². The molecule has 2 aromatic rings. The van der Waals surface area contributed by atoms with Crippen LogP contribution in [0.4, 0.5) is 0 Å². The molecule has 15 heavy (non-hydrogen) atoms. The average Bonchev–Trinajstić information content (AvgIpc) is 2.67. The number of hydrogen-bond donors (Lipinski definition) is 0.